The lowest BCUT2D eigenvalue weighted by atomic mass is 10.2. The zero-order valence-electron chi connectivity index (χ0n) is 14.2. The predicted molar refractivity (Wildman–Crippen MR) is 108 cm³/mol. The van der Waals surface area contributed by atoms with Crippen LogP contribution >= 0.6 is 22.9 Å². The molecule has 1 fully saturated rings. The van der Waals surface area contributed by atoms with E-state index in [0.29, 0.717) is 21.4 Å². The van der Waals surface area contributed by atoms with E-state index in [1.807, 2.05) is 23.6 Å². The molecule has 2 amide bonds. The van der Waals surface area contributed by atoms with Crippen molar-refractivity contribution in [2.75, 3.05) is 10.6 Å². The highest BCUT2D eigenvalue weighted by atomic mass is 35.5. The fraction of sp³-hybridized carbons (Fsp3) is 0.150. The molecule has 0 atom stereocenters. The monoisotopic (exact) mass is 397 g/mol. The molecule has 1 aromatic heterocycles. The zero-order valence-corrected chi connectivity index (χ0v) is 15.8. The van der Waals surface area contributed by atoms with Crippen molar-refractivity contribution in [2.45, 2.75) is 12.8 Å². The molecule has 2 aromatic carbocycles. The number of nitrogens with zero attached hydrogens (tertiary/aromatic N) is 1. The molecular formula is C20H16ClN3O2S. The maximum atomic E-state index is 12.4. The van der Waals surface area contributed by atoms with E-state index in [4.69, 9.17) is 11.6 Å². The van der Waals surface area contributed by atoms with E-state index in [1.165, 1.54) is 11.3 Å². The normalized spacial score (nSPS) is 13.2. The zero-order chi connectivity index (χ0) is 18.8. The van der Waals surface area contributed by atoms with Crippen LogP contribution < -0.4 is 10.6 Å². The average molecular weight is 398 g/mol. The van der Waals surface area contributed by atoms with E-state index in [9.17, 15) is 9.59 Å². The number of carbonyl (C=O) groups is 2. The molecule has 136 valence electrons. The van der Waals surface area contributed by atoms with Crippen molar-refractivity contribution in [2.24, 2.45) is 5.92 Å². The van der Waals surface area contributed by atoms with Crippen LogP contribution in [0.3, 0.4) is 0 Å². The van der Waals surface area contributed by atoms with E-state index in [2.05, 4.69) is 15.6 Å². The lowest BCUT2D eigenvalue weighted by Crippen LogP contribution is -2.14. The number of nitrogens with one attached hydrogen (secondary N) is 2. The van der Waals surface area contributed by atoms with Crippen LogP contribution in [-0.2, 0) is 4.79 Å². The smallest absolute Gasteiger partial charge is 0.257 e. The largest absolute Gasteiger partial charge is 0.326 e. The Morgan fingerprint density at radius 3 is 2.48 bits per heavy atom. The molecule has 0 saturated heterocycles. The topological polar surface area (TPSA) is 71.1 Å². The van der Waals surface area contributed by atoms with E-state index in [1.54, 1.807) is 30.3 Å². The summed E-state index contributed by atoms with van der Waals surface area (Å²) in [5, 5.41) is 8.62. The van der Waals surface area contributed by atoms with E-state index in [-0.39, 0.29) is 17.7 Å². The summed E-state index contributed by atoms with van der Waals surface area (Å²) in [5.41, 5.74) is 2.73. The summed E-state index contributed by atoms with van der Waals surface area (Å²) in [6.07, 6.45) is 1.91. The number of halogens is 1. The van der Waals surface area contributed by atoms with Gasteiger partial charge >= 0.3 is 0 Å². The van der Waals surface area contributed by atoms with Gasteiger partial charge in [0.25, 0.3) is 5.91 Å². The van der Waals surface area contributed by atoms with Crippen LogP contribution in [0.5, 0.6) is 0 Å². The van der Waals surface area contributed by atoms with Crippen molar-refractivity contribution in [1.82, 2.24) is 4.98 Å². The summed E-state index contributed by atoms with van der Waals surface area (Å²) in [4.78, 5) is 28.6. The van der Waals surface area contributed by atoms with Gasteiger partial charge in [0.15, 0.2) is 5.13 Å². The third kappa shape index (κ3) is 4.18. The van der Waals surface area contributed by atoms with Crippen LogP contribution in [0.4, 0.5) is 10.8 Å². The average Bonchev–Trinajstić information content (AvgIpc) is 3.43. The van der Waals surface area contributed by atoms with Crippen LogP contribution in [0, 0.1) is 5.92 Å². The number of thiazole rings is 1. The number of rotatable bonds is 5. The minimum Gasteiger partial charge on any atom is -0.326 e. The van der Waals surface area contributed by atoms with Crippen LogP contribution in [0.25, 0.3) is 11.3 Å². The molecule has 1 aliphatic rings. The first-order chi connectivity index (χ1) is 13.1. The number of hydrogen-bond donors (Lipinski definition) is 2. The highest BCUT2D eigenvalue weighted by Gasteiger charge is 2.29. The molecule has 0 radical (unpaired) electrons. The Morgan fingerprint density at radius 1 is 1.04 bits per heavy atom. The van der Waals surface area contributed by atoms with Crippen LogP contribution in [-0.4, -0.2) is 16.8 Å². The molecule has 1 heterocycles. The molecule has 0 spiro atoms. The summed E-state index contributed by atoms with van der Waals surface area (Å²) in [6.45, 7) is 0. The number of anilines is 2. The number of carbonyl (C=O) groups excluding carboxylic acids is 2. The number of amides is 2. The first kappa shape index (κ1) is 17.7. The van der Waals surface area contributed by atoms with Gasteiger partial charge in [-0.2, -0.15) is 0 Å². The molecule has 0 bridgehead atoms. The van der Waals surface area contributed by atoms with Crippen molar-refractivity contribution in [3.63, 3.8) is 0 Å². The van der Waals surface area contributed by atoms with Crippen LogP contribution in [0.15, 0.2) is 53.9 Å². The van der Waals surface area contributed by atoms with Gasteiger partial charge in [0.1, 0.15) is 0 Å². The number of aromatic nitrogens is 1. The predicted octanol–water partition coefficient (Wildman–Crippen LogP) is 5.06. The van der Waals surface area contributed by atoms with Gasteiger partial charge in [0.05, 0.1) is 5.69 Å². The van der Waals surface area contributed by atoms with E-state index >= 15 is 0 Å². The third-order valence-electron chi connectivity index (χ3n) is 4.24. The van der Waals surface area contributed by atoms with E-state index < -0.39 is 0 Å². The number of hydrogen-bond acceptors (Lipinski definition) is 4. The van der Waals surface area contributed by atoms with Crippen molar-refractivity contribution in [3.05, 3.63) is 64.5 Å². The van der Waals surface area contributed by atoms with Crippen molar-refractivity contribution < 1.29 is 9.59 Å². The Labute approximate surface area is 165 Å². The van der Waals surface area contributed by atoms with Crippen molar-refractivity contribution in [3.8, 4) is 11.3 Å². The maximum absolute atomic E-state index is 12.4. The quantitative estimate of drug-likeness (QED) is 0.631. The van der Waals surface area contributed by atoms with Crippen molar-refractivity contribution in [1.29, 1.82) is 0 Å². The molecule has 7 heteroatoms. The molecule has 2 N–H and O–H groups in total. The lowest BCUT2D eigenvalue weighted by molar-refractivity contribution is -0.117. The summed E-state index contributed by atoms with van der Waals surface area (Å²) in [6, 6.07) is 14.3. The van der Waals surface area contributed by atoms with Gasteiger partial charge in [-0.25, -0.2) is 4.98 Å². The Morgan fingerprint density at radius 2 is 1.78 bits per heavy atom. The third-order valence-corrected chi connectivity index (χ3v) is 5.32. The summed E-state index contributed by atoms with van der Waals surface area (Å²) >= 11 is 7.53. The summed E-state index contributed by atoms with van der Waals surface area (Å²) in [7, 11) is 0. The second-order valence-electron chi connectivity index (χ2n) is 6.31. The van der Waals surface area contributed by atoms with Gasteiger partial charge in [0, 0.05) is 33.1 Å². The Kier molecular flexibility index (Phi) is 4.92. The van der Waals surface area contributed by atoms with Crippen LogP contribution in [0.2, 0.25) is 5.02 Å². The summed E-state index contributed by atoms with van der Waals surface area (Å²) in [5.74, 6) is -0.0672. The Bertz CT molecular complexity index is 996. The summed E-state index contributed by atoms with van der Waals surface area (Å²) < 4.78 is 0. The standard InChI is InChI=1S/C20H16ClN3O2S/c21-16-4-2-1-3-15(16)17-11-27-20(23-17)24-19(26)13-7-9-14(10-8-13)22-18(25)12-5-6-12/h1-4,7-12H,5-6H2,(H,22,25)(H,23,24,26). The van der Waals surface area contributed by atoms with Gasteiger partial charge in [-0.15, -0.1) is 11.3 Å². The molecule has 4 rings (SSSR count). The van der Waals surface area contributed by atoms with Gasteiger partial charge in [0.2, 0.25) is 5.91 Å². The maximum Gasteiger partial charge on any atom is 0.257 e. The minimum atomic E-state index is -0.255. The molecule has 1 aliphatic carbocycles. The number of benzene rings is 2. The second-order valence-corrected chi connectivity index (χ2v) is 7.58. The van der Waals surface area contributed by atoms with Gasteiger partial charge < -0.3 is 5.32 Å². The first-order valence-corrected chi connectivity index (χ1v) is 9.78. The molecule has 0 unspecified atom stereocenters. The molecule has 3 aromatic rings. The molecular weight excluding hydrogens is 382 g/mol. The van der Waals surface area contributed by atoms with E-state index in [0.717, 1.165) is 24.1 Å². The second kappa shape index (κ2) is 7.50. The highest BCUT2D eigenvalue weighted by Crippen LogP contribution is 2.31. The molecule has 5 nitrogen and oxygen atoms in total. The lowest BCUT2D eigenvalue weighted by Gasteiger charge is -2.06. The van der Waals surface area contributed by atoms with Gasteiger partial charge in [-0.1, -0.05) is 29.8 Å². The SMILES string of the molecule is O=C(Nc1nc(-c2ccccc2Cl)cs1)c1ccc(NC(=O)C2CC2)cc1. The van der Waals surface area contributed by atoms with Gasteiger partial charge in [-0.05, 0) is 43.2 Å². The van der Waals surface area contributed by atoms with Crippen molar-refractivity contribution >= 4 is 45.6 Å². The molecule has 27 heavy (non-hydrogen) atoms. The fourth-order valence-electron chi connectivity index (χ4n) is 2.59. The van der Waals surface area contributed by atoms with Crippen LogP contribution in [0.1, 0.15) is 23.2 Å². The molecule has 0 aliphatic heterocycles. The molecule has 1 saturated carbocycles. The Balaban J connectivity index is 1.42. The Hall–Kier alpha value is -2.70. The first-order valence-electron chi connectivity index (χ1n) is 8.53. The van der Waals surface area contributed by atoms with Gasteiger partial charge in [-0.3, -0.25) is 14.9 Å². The minimum absolute atomic E-state index is 0.0436. The fourth-order valence-corrected chi connectivity index (χ4v) is 3.53. The highest BCUT2D eigenvalue weighted by molar-refractivity contribution is 7.14.